The molecule has 0 aromatic heterocycles. The number of amides is 1. The molecule has 4 heteroatoms. The predicted molar refractivity (Wildman–Crippen MR) is 91.7 cm³/mol. The Morgan fingerprint density at radius 1 is 1.39 bits per heavy atom. The van der Waals surface area contributed by atoms with Gasteiger partial charge in [0.2, 0.25) is 0 Å². The molecule has 0 aliphatic heterocycles. The Morgan fingerprint density at radius 2 is 2.17 bits per heavy atom. The number of aryl methyl sites for hydroxylation is 1. The van der Waals surface area contributed by atoms with Crippen LogP contribution < -0.4 is 10.1 Å². The molecule has 2 rings (SSSR count). The van der Waals surface area contributed by atoms with E-state index in [1.54, 1.807) is 0 Å². The lowest BCUT2D eigenvalue weighted by molar-refractivity contribution is -0.123. The number of aliphatic hydroxyl groups is 1. The molecule has 1 saturated carbocycles. The predicted octanol–water partition coefficient (Wildman–Crippen LogP) is 3.16. The minimum absolute atomic E-state index is 0.0374. The van der Waals surface area contributed by atoms with Crippen LogP contribution in [-0.4, -0.2) is 30.3 Å². The molecule has 1 aliphatic rings. The molecule has 2 unspecified atom stereocenters. The number of carbonyl (C=O) groups excluding carboxylic acids is 1. The SMILES string of the molecule is Cc1cc(OCC(=O)NCC2CCCC(O)C2)ccc1C(C)C. The number of hydrogen-bond donors (Lipinski definition) is 2. The summed E-state index contributed by atoms with van der Waals surface area (Å²) in [5, 5.41) is 12.6. The third-order valence-corrected chi connectivity index (χ3v) is 4.58. The summed E-state index contributed by atoms with van der Waals surface area (Å²) in [6.45, 7) is 7.06. The van der Waals surface area contributed by atoms with Crippen molar-refractivity contribution in [2.45, 2.75) is 58.5 Å². The van der Waals surface area contributed by atoms with Gasteiger partial charge in [0.1, 0.15) is 5.75 Å². The first-order valence-electron chi connectivity index (χ1n) is 8.63. The first kappa shape index (κ1) is 17.8. The van der Waals surface area contributed by atoms with Crippen molar-refractivity contribution in [3.63, 3.8) is 0 Å². The van der Waals surface area contributed by atoms with Crippen molar-refractivity contribution in [3.05, 3.63) is 29.3 Å². The van der Waals surface area contributed by atoms with E-state index in [1.165, 1.54) is 11.1 Å². The number of benzene rings is 1. The summed E-state index contributed by atoms with van der Waals surface area (Å²) in [6, 6.07) is 5.98. The Kier molecular flexibility index (Phi) is 6.46. The summed E-state index contributed by atoms with van der Waals surface area (Å²) in [5.74, 6) is 1.50. The smallest absolute Gasteiger partial charge is 0.257 e. The van der Waals surface area contributed by atoms with Crippen LogP contribution in [0.1, 0.15) is 56.6 Å². The Labute approximate surface area is 139 Å². The zero-order chi connectivity index (χ0) is 16.8. The zero-order valence-corrected chi connectivity index (χ0v) is 14.5. The molecule has 0 radical (unpaired) electrons. The minimum Gasteiger partial charge on any atom is -0.484 e. The number of ether oxygens (including phenoxy) is 1. The number of aliphatic hydroxyl groups excluding tert-OH is 1. The van der Waals surface area contributed by atoms with Crippen LogP contribution in [-0.2, 0) is 4.79 Å². The van der Waals surface area contributed by atoms with E-state index >= 15 is 0 Å². The Morgan fingerprint density at radius 3 is 2.83 bits per heavy atom. The maximum absolute atomic E-state index is 11.9. The summed E-state index contributed by atoms with van der Waals surface area (Å²) in [5.41, 5.74) is 2.49. The second-order valence-corrected chi connectivity index (χ2v) is 6.95. The van der Waals surface area contributed by atoms with Gasteiger partial charge >= 0.3 is 0 Å². The second-order valence-electron chi connectivity index (χ2n) is 6.95. The number of rotatable bonds is 6. The van der Waals surface area contributed by atoms with Crippen molar-refractivity contribution < 1.29 is 14.6 Å². The van der Waals surface area contributed by atoms with Crippen LogP contribution in [0.4, 0.5) is 0 Å². The average molecular weight is 319 g/mol. The largest absolute Gasteiger partial charge is 0.484 e. The quantitative estimate of drug-likeness (QED) is 0.847. The highest BCUT2D eigenvalue weighted by Gasteiger charge is 2.20. The molecule has 128 valence electrons. The van der Waals surface area contributed by atoms with Crippen molar-refractivity contribution in [3.8, 4) is 5.75 Å². The van der Waals surface area contributed by atoms with E-state index < -0.39 is 0 Å². The highest BCUT2D eigenvalue weighted by Crippen LogP contribution is 2.24. The number of nitrogens with one attached hydrogen (secondary N) is 1. The molecule has 1 aliphatic carbocycles. The van der Waals surface area contributed by atoms with E-state index in [9.17, 15) is 9.90 Å². The molecule has 0 bridgehead atoms. The summed E-state index contributed by atoms with van der Waals surface area (Å²) in [7, 11) is 0. The molecule has 23 heavy (non-hydrogen) atoms. The van der Waals surface area contributed by atoms with Gasteiger partial charge in [0, 0.05) is 6.54 Å². The first-order chi connectivity index (χ1) is 11.0. The molecular formula is C19H29NO3. The molecule has 0 heterocycles. The number of hydrogen-bond acceptors (Lipinski definition) is 3. The van der Waals surface area contributed by atoms with Gasteiger partial charge in [0.15, 0.2) is 6.61 Å². The molecule has 1 aromatic rings. The van der Waals surface area contributed by atoms with Crippen molar-refractivity contribution >= 4 is 5.91 Å². The minimum atomic E-state index is -0.204. The normalized spacial score (nSPS) is 21.3. The van der Waals surface area contributed by atoms with Gasteiger partial charge in [0.25, 0.3) is 5.91 Å². The van der Waals surface area contributed by atoms with Crippen LogP contribution in [0.3, 0.4) is 0 Å². The summed E-state index contributed by atoms with van der Waals surface area (Å²) in [6.07, 6.45) is 3.59. The van der Waals surface area contributed by atoms with Gasteiger partial charge in [-0.05, 0) is 61.3 Å². The average Bonchev–Trinajstić information content (AvgIpc) is 2.50. The van der Waals surface area contributed by atoms with Crippen molar-refractivity contribution in [1.29, 1.82) is 0 Å². The highest BCUT2D eigenvalue weighted by molar-refractivity contribution is 5.77. The van der Waals surface area contributed by atoms with Crippen LogP contribution >= 0.6 is 0 Å². The molecule has 1 fully saturated rings. The molecule has 1 aromatic carbocycles. The van der Waals surface area contributed by atoms with Gasteiger partial charge in [-0.2, -0.15) is 0 Å². The first-order valence-corrected chi connectivity index (χ1v) is 8.63. The summed E-state index contributed by atoms with van der Waals surface area (Å²) in [4.78, 5) is 11.9. The zero-order valence-electron chi connectivity index (χ0n) is 14.5. The lowest BCUT2D eigenvalue weighted by Gasteiger charge is -2.25. The highest BCUT2D eigenvalue weighted by atomic mass is 16.5. The standard InChI is InChI=1S/C19H29NO3/c1-13(2)18-8-7-17(9-14(18)3)23-12-19(22)20-11-15-5-4-6-16(21)10-15/h7-9,13,15-16,21H,4-6,10-12H2,1-3H3,(H,20,22). The fourth-order valence-electron chi connectivity index (χ4n) is 3.29. The van der Waals surface area contributed by atoms with E-state index in [0.717, 1.165) is 31.4 Å². The molecule has 2 atom stereocenters. The summed E-state index contributed by atoms with van der Waals surface area (Å²) < 4.78 is 5.58. The van der Waals surface area contributed by atoms with E-state index in [-0.39, 0.29) is 18.6 Å². The molecule has 2 N–H and O–H groups in total. The van der Waals surface area contributed by atoms with Crippen LogP contribution in [0, 0.1) is 12.8 Å². The van der Waals surface area contributed by atoms with Gasteiger partial charge in [-0.25, -0.2) is 0 Å². The van der Waals surface area contributed by atoms with E-state index in [4.69, 9.17) is 4.74 Å². The molecule has 1 amide bonds. The third-order valence-electron chi connectivity index (χ3n) is 4.58. The summed E-state index contributed by atoms with van der Waals surface area (Å²) >= 11 is 0. The Balaban J connectivity index is 1.75. The van der Waals surface area contributed by atoms with Gasteiger partial charge in [-0.1, -0.05) is 26.3 Å². The molecular weight excluding hydrogens is 290 g/mol. The topological polar surface area (TPSA) is 58.6 Å². The van der Waals surface area contributed by atoms with Crippen LogP contribution in [0.25, 0.3) is 0 Å². The van der Waals surface area contributed by atoms with Crippen molar-refractivity contribution in [2.24, 2.45) is 5.92 Å². The number of carbonyl (C=O) groups is 1. The van der Waals surface area contributed by atoms with Crippen LogP contribution in [0.15, 0.2) is 18.2 Å². The van der Waals surface area contributed by atoms with E-state index in [0.29, 0.717) is 18.4 Å². The third kappa shape index (κ3) is 5.54. The lowest BCUT2D eigenvalue weighted by Crippen LogP contribution is -2.35. The van der Waals surface area contributed by atoms with Crippen LogP contribution in [0.2, 0.25) is 0 Å². The van der Waals surface area contributed by atoms with E-state index in [1.807, 2.05) is 12.1 Å². The second kappa shape index (κ2) is 8.34. The van der Waals surface area contributed by atoms with Gasteiger partial charge in [0.05, 0.1) is 6.10 Å². The Hall–Kier alpha value is -1.55. The Bertz CT molecular complexity index is 527. The van der Waals surface area contributed by atoms with Crippen molar-refractivity contribution in [2.75, 3.05) is 13.2 Å². The molecule has 0 spiro atoms. The maximum atomic E-state index is 11.9. The molecule has 4 nitrogen and oxygen atoms in total. The van der Waals surface area contributed by atoms with Crippen molar-refractivity contribution in [1.82, 2.24) is 5.32 Å². The van der Waals surface area contributed by atoms with Crippen LogP contribution in [0.5, 0.6) is 5.75 Å². The van der Waals surface area contributed by atoms with E-state index in [2.05, 4.69) is 32.2 Å². The maximum Gasteiger partial charge on any atom is 0.257 e. The molecule has 0 saturated heterocycles. The fourth-order valence-corrected chi connectivity index (χ4v) is 3.29. The van der Waals surface area contributed by atoms with Gasteiger partial charge in [-0.3, -0.25) is 4.79 Å². The van der Waals surface area contributed by atoms with Gasteiger partial charge in [-0.15, -0.1) is 0 Å². The van der Waals surface area contributed by atoms with Gasteiger partial charge < -0.3 is 15.2 Å². The fraction of sp³-hybridized carbons (Fsp3) is 0.632. The monoisotopic (exact) mass is 319 g/mol. The lowest BCUT2D eigenvalue weighted by atomic mass is 9.87.